The number of likely N-dealkylation sites (tertiary alicyclic amines) is 1. The molecule has 2 aliphatic heterocycles. The topological polar surface area (TPSA) is 162 Å². The van der Waals surface area contributed by atoms with Crippen molar-refractivity contribution in [3.8, 4) is 0 Å². The lowest BCUT2D eigenvalue weighted by molar-refractivity contribution is -0.160. The van der Waals surface area contributed by atoms with Crippen LogP contribution >= 0.6 is 0 Å². The number of carbonyl (C=O) groups excluding carboxylic acids is 4. The predicted molar refractivity (Wildman–Crippen MR) is 95.4 cm³/mol. The predicted octanol–water partition coefficient (Wildman–Crippen LogP) is -2.49. The monoisotopic (exact) mass is 392 g/mol. The van der Waals surface area contributed by atoms with Crippen LogP contribution in [0, 0.1) is 0 Å². The van der Waals surface area contributed by atoms with Crippen LogP contribution in [0.25, 0.3) is 0 Å². The van der Waals surface area contributed by atoms with Gasteiger partial charge in [0.25, 0.3) is 17.7 Å². The molecule has 0 spiro atoms. The minimum atomic E-state index is -1.13. The summed E-state index contributed by atoms with van der Waals surface area (Å²) in [7, 11) is 0. The Kier molecular flexibility index (Phi) is 6.17. The molecule has 3 heterocycles. The number of H-pyrrole nitrogens is 1. The summed E-state index contributed by atoms with van der Waals surface area (Å²) in [5.41, 5.74) is 6.58. The highest BCUT2D eigenvalue weighted by atomic mass is 16.3. The largest absolute Gasteiger partial charge is 0.395 e. The average molecular weight is 392 g/mol. The Morgan fingerprint density at radius 2 is 2.14 bits per heavy atom. The lowest BCUT2D eigenvalue weighted by atomic mass is 10.0. The lowest BCUT2D eigenvalue weighted by Gasteiger charge is -2.33. The van der Waals surface area contributed by atoms with E-state index in [1.165, 1.54) is 12.5 Å². The number of rotatable bonds is 7. The van der Waals surface area contributed by atoms with Gasteiger partial charge in [-0.25, -0.2) is 9.88 Å². The smallest absolute Gasteiger partial charge is 0.259 e. The first-order chi connectivity index (χ1) is 13.4. The maximum Gasteiger partial charge on any atom is 0.259 e. The Morgan fingerprint density at radius 3 is 2.75 bits per heavy atom. The molecule has 3 atom stereocenters. The van der Waals surface area contributed by atoms with Crippen LogP contribution in [0.3, 0.4) is 0 Å². The standard InChI is InChI=1S/C17H24N6O5/c18-11(6-10-8-19-9-20-10)15(26)23(16(27)12-7-14(25)21-12)17(28)13-2-1-3-22(13)4-5-24/h8-9,11-13,24H,1-7,18H2,(H,19,20)(H,21,25)/t11-,12-,13-/m0/s1. The van der Waals surface area contributed by atoms with Gasteiger partial charge >= 0.3 is 0 Å². The Balaban J connectivity index is 1.79. The number of imide groups is 3. The molecular formula is C17H24N6O5. The van der Waals surface area contributed by atoms with Crippen molar-refractivity contribution in [1.82, 2.24) is 25.1 Å². The van der Waals surface area contributed by atoms with Crippen molar-refractivity contribution in [3.05, 3.63) is 18.2 Å². The van der Waals surface area contributed by atoms with E-state index < -0.39 is 35.8 Å². The number of β-lactam (4-membered cyclic amide) rings is 1. The van der Waals surface area contributed by atoms with E-state index in [2.05, 4.69) is 15.3 Å². The number of hydrogen-bond donors (Lipinski definition) is 4. The Labute approximate surface area is 161 Å². The number of aromatic amines is 1. The molecule has 1 aromatic rings. The van der Waals surface area contributed by atoms with Crippen molar-refractivity contribution in [1.29, 1.82) is 0 Å². The number of amides is 4. The second-order valence-electron chi connectivity index (χ2n) is 6.98. The third kappa shape index (κ3) is 4.11. The summed E-state index contributed by atoms with van der Waals surface area (Å²) in [6.45, 7) is 0.726. The molecule has 1 aromatic heterocycles. The molecule has 4 amide bonds. The zero-order chi connectivity index (χ0) is 20.3. The summed E-state index contributed by atoms with van der Waals surface area (Å²) in [5.74, 6) is -2.57. The highest BCUT2D eigenvalue weighted by Crippen LogP contribution is 2.21. The fourth-order valence-electron chi connectivity index (χ4n) is 3.53. The Bertz CT molecular complexity index is 743. The van der Waals surface area contributed by atoms with Crippen molar-refractivity contribution < 1.29 is 24.3 Å². The molecule has 0 aliphatic carbocycles. The summed E-state index contributed by atoms with van der Waals surface area (Å²) in [6, 6.07) is -2.72. The van der Waals surface area contributed by atoms with E-state index in [0.29, 0.717) is 30.0 Å². The lowest BCUT2D eigenvalue weighted by Crippen LogP contribution is -2.64. The molecule has 2 aliphatic rings. The maximum absolute atomic E-state index is 13.1. The van der Waals surface area contributed by atoms with Crippen molar-refractivity contribution in [2.75, 3.05) is 19.7 Å². The molecule has 2 fully saturated rings. The summed E-state index contributed by atoms with van der Waals surface area (Å²) in [6.07, 6.45) is 4.15. The van der Waals surface area contributed by atoms with Crippen molar-refractivity contribution >= 4 is 23.6 Å². The summed E-state index contributed by atoms with van der Waals surface area (Å²) < 4.78 is 0. The van der Waals surface area contributed by atoms with Crippen molar-refractivity contribution in [3.63, 3.8) is 0 Å². The van der Waals surface area contributed by atoms with Gasteiger partial charge in [-0.2, -0.15) is 0 Å². The van der Waals surface area contributed by atoms with Crippen LogP contribution < -0.4 is 11.1 Å². The fourth-order valence-corrected chi connectivity index (χ4v) is 3.53. The molecule has 0 radical (unpaired) electrons. The number of nitrogens with zero attached hydrogens (tertiary/aromatic N) is 3. The van der Waals surface area contributed by atoms with Crippen LogP contribution in [0.5, 0.6) is 0 Å². The molecule has 0 aromatic carbocycles. The maximum atomic E-state index is 13.1. The minimum Gasteiger partial charge on any atom is -0.395 e. The number of aliphatic hydroxyl groups is 1. The number of aliphatic hydroxyl groups excluding tert-OH is 1. The second kappa shape index (κ2) is 8.59. The normalized spacial score (nSPS) is 23.0. The van der Waals surface area contributed by atoms with Crippen LogP contribution in [-0.2, 0) is 25.6 Å². The Morgan fingerprint density at radius 1 is 1.39 bits per heavy atom. The Hall–Kier alpha value is -2.63. The molecule has 3 rings (SSSR count). The van der Waals surface area contributed by atoms with Gasteiger partial charge in [-0.1, -0.05) is 0 Å². The number of nitrogens with one attached hydrogen (secondary N) is 2. The number of β-amino-alcohol motifs (C(OH)–C–C–N with tert-alkyl or cyclic N) is 1. The van der Waals surface area contributed by atoms with Crippen LogP contribution in [-0.4, -0.2) is 86.3 Å². The van der Waals surface area contributed by atoms with Crippen LogP contribution in [0.1, 0.15) is 25.0 Å². The van der Waals surface area contributed by atoms with E-state index >= 15 is 0 Å². The molecule has 28 heavy (non-hydrogen) atoms. The van der Waals surface area contributed by atoms with Gasteiger partial charge in [0.2, 0.25) is 5.91 Å². The quantitative estimate of drug-likeness (QED) is 0.293. The summed E-state index contributed by atoms with van der Waals surface area (Å²) in [4.78, 5) is 59.1. The summed E-state index contributed by atoms with van der Waals surface area (Å²) >= 11 is 0. The van der Waals surface area contributed by atoms with E-state index in [1.807, 2.05) is 0 Å². The van der Waals surface area contributed by atoms with Crippen molar-refractivity contribution in [2.45, 2.75) is 43.8 Å². The van der Waals surface area contributed by atoms with Gasteiger partial charge < -0.3 is 21.1 Å². The van der Waals surface area contributed by atoms with Gasteiger partial charge in [0.15, 0.2) is 0 Å². The van der Waals surface area contributed by atoms with Gasteiger partial charge in [0.1, 0.15) is 6.04 Å². The van der Waals surface area contributed by atoms with Gasteiger partial charge in [0.05, 0.1) is 31.4 Å². The van der Waals surface area contributed by atoms with Gasteiger partial charge in [-0.05, 0) is 19.4 Å². The average Bonchev–Trinajstić information content (AvgIpc) is 3.31. The number of imidazole rings is 1. The molecule has 0 unspecified atom stereocenters. The van der Waals surface area contributed by atoms with Gasteiger partial charge in [0, 0.05) is 24.9 Å². The number of aromatic nitrogens is 2. The molecule has 11 heteroatoms. The first kappa shape index (κ1) is 20.1. The molecular weight excluding hydrogens is 368 g/mol. The molecule has 0 saturated carbocycles. The zero-order valence-electron chi connectivity index (χ0n) is 15.3. The van der Waals surface area contributed by atoms with E-state index in [0.717, 1.165) is 0 Å². The third-order valence-electron chi connectivity index (χ3n) is 5.03. The van der Waals surface area contributed by atoms with E-state index in [1.54, 1.807) is 4.90 Å². The number of nitrogens with two attached hydrogens (primary N) is 1. The minimum absolute atomic E-state index is 0.0727. The molecule has 152 valence electrons. The molecule has 2 saturated heterocycles. The highest BCUT2D eigenvalue weighted by molar-refractivity contribution is 6.16. The summed E-state index contributed by atoms with van der Waals surface area (Å²) in [5, 5.41) is 11.6. The first-order valence-electron chi connectivity index (χ1n) is 9.21. The van der Waals surface area contributed by atoms with E-state index in [4.69, 9.17) is 5.73 Å². The van der Waals surface area contributed by atoms with Crippen LogP contribution in [0.15, 0.2) is 12.5 Å². The SMILES string of the molecule is N[C@@H](Cc1cnc[nH]1)C(=O)N(C(=O)[C@@H]1CC(=O)N1)C(=O)[C@@H]1CCCN1CCO. The van der Waals surface area contributed by atoms with E-state index in [9.17, 15) is 24.3 Å². The highest BCUT2D eigenvalue weighted by Gasteiger charge is 2.45. The molecule has 0 bridgehead atoms. The number of carbonyl (C=O) groups is 4. The van der Waals surface area contributed by atoms with Crippen molar-refractivity contribution in [2.24, 2.45) is 5.73 Å². The van der Waals surface area contributed by atoms with Gasteiger partial charge in [-0.15, -0.1) is 0 Å². The number of hydrogen-bond acceptors (Lipinski definition) is 8. The van der Waals surface area contributed by atoms with Crippen LogP contribution in [0.4, 0.5) is 0 Å². The van der Waals surface area contributed by atoms with Crippen LogP contribution in [0.2, 0.25) is 0 Å². The molecule has 11 nitrogen and oxygen atoms in total. The van der Waals surface area contributed by atoms with E-state index in [-0.39, 0.29) is 31.9 Å². The second-order valence-corrected chi connectivity index (χ2v) is 6.98. The molecule has 5 N–H and O–H groups in total. The fraction of sp³-hybridized carbons (Fsp3) is 0.588. The third-order valence-corrected chi connectivity index (χ3v) is 5.03. The van der Waals surface area contributed by atoms with Gasteiger partial charge in [-0.3, -0.25) is 24.1 Å². The zero-order valence-corrected chi connectivity index (χ0v) is 15.3. The first-order valence-corrected chi connectivity index (χ1v) is 9.21.